The van der Waals surface area contributed by atoms with Gasteiger partial charge < -0.3 is 15.6 Å². The van der Waals surface area contributed by atoms with E-state index in [1.54, 1.807) is 6.92 Å². The molecule has 3 N–H and O–H groups in total. The number of nitrogens with two attached hydrogens (primary N) is 1. The molecule has 3 aliphatic carbocycles. The molecule has 0 bridgehead atoms. The molecule has 0 unspecified atom stereocenters. The number of ketones is 1. The Balaban J connectivity index is 1.66. The van der Waals surface area contributed by atoms with Gasteiger partial charge in [0.15, 0.2) is 5.78 Å². The van der Waals surface area contributed by atoms with Crippen LogP contribution in [-0.4, -0.2) is 35.1 Å². The molecule has 0 amide bonds. The highest BCUT2D eigenvalue weighted by Crippen LogP contribution is 2.65. The van der Waals surface area contributed by atoms with E-state index in [0.717, 1.165) is 41.6 Å². The first kappa shape index (κ1) is 21.0. The van der Waals surface area contributed by atoms with Crippen molar-refractivity contribution in [3.8, 4) is 0 Å². The summed E-state index contributed by atoms with van der Waals surface area (Å²) in [5, 5.41) is 10.9. The Kier molecular flexibility index (Phi) is 5.45. The Morgan fingerprint density at radius 2 is 1.96 bits per heavy atom. The predicted molar refractivity (Wildman–Crippen MR) is 108 cm³/mol. The van der Waals surface area contributed by atoms with Crippen LogP contribution >= 0.6 is 0 Å². The van der Waals surface area contributed by atoms with E-state index in [1.807, 2.05) is 26.8 Å². The van der Waals surface area contributed by atoms with Gasteiger partial charge in [0.25, 0.3) is 0 Å². The smallest absolute Gasteiger partial charge is 0.322 e. The summed E-state index contributed by atoms with van der Waals surface area (Å²) in [6.07, 6.45) is 5.65. The third-order valence-corrected chi connectivity index (χ3v) is 6.71. The Morgan fingerprint density at radius 1 is 1.32 bits per heavy atom. The number of Topliss-reactive ketones (excluding diaryl/α,β-unsaturated/α-hetero) is 1. The van der Waals surface area contributed by atoms with Crippen molar-refractivity contribution in [1.29, 1.82) is 0 Å². The predicted octanol–water partition coefficient (Wildman–Crippen LogP) is 3.37. The summed E-state index contributed by atoms with van der Waals surface area (Å²) in [6.45, 7) is 10.1. The van der Waals surface area contributed by atoms with Gasteiger partial charge in [-0.3, -0.25) is 9.59 Å². The molecule has 0 radical (unpaired) electrons. The van der Waals surface area contributed by atoms with Crippen LogP contribution in [0.1, 0.15) is 66.7 Å². The molecule has 0 saturated heterocycles. The molecule has 3 aliphatic rings. The number of carbonyl (C=O) groups excluding carboxylic acids is 2. The van der Waals surface area contributed by atoms with Crippen molar-refractivity contribution in [1.82, 2.24) is 0 Å². The minimum atomic E-state index is -1.32. The lowest BCUT2D eigenvalue weighted by Gasteiger charge is -2.39. The van der Waals surface area contributed by atoms with Crippen molar-refractivity contribution in [2.75, 3.05) is 6.61 Å². The van der Waals surface area contributed by atoms with Crippen LogP contribution < -0.4 is 5.73 Å². The van der Waals surface area contributed by atoms with Crippen LogP contribution in [0.15, 0.2) is 33.9 Å². The molecule has 0 aliphatic heterocycles. The summed E-state index contributed by atoms with van der Waals surface area (Å²) in [4.78, 5) is 24.9. The van der Waals surface area contributed by atoms with Gasteiger partial charge in [-0.05, 0) is 81.6 Å². The van der Waals surface area contributed by atoms with Gasteiger partial charge in [-0.25, -0.2) is 0 Å². The number of aliphatic hydroxyl groups is 1. The average Bonchev–Trinajstić information content (AvgIpc) is 3.36. The number of allylic oxidation sites excluding steroid dienone is 4. The fourth-order valence-corrected chi connectivity index (χ4v) is 4.87. The zero-order valence-electron chi connectivity index (χ0n) is 17.7. The van der Waals surface area contributed by atoms with E-state index >= 15 is 0 Å². The second-order valence-corrected chi connectivity index (χ2v) is 9.21. The highest BCUT2D eigenvalue weighted by Gasteiger charge is 2.64. The quantitative estimate of drug-likeness (QED) is 0.516. The normalized spacial score (nSPS) is 26.7. The Hall–Kier alpha value is -1.72. The summed E-state index contributed by atoms with van der Waals surface area (Å²) in [6, 6.07) is -0.571. The van der Waals surface area contributed by atoms with E-state index in [0.29, 0.717) is 30.9 Å². The number of rotatable bonds is 7. The molecule has 1 fully saturated rings. The van der Waals surface area contributed by atoms with Crippen LogP contribution in [0.3, 0.4) is 0 Å². The molecule has 5 heteroatoms. The van der Waals surface area contributed by atoms with Crippen LogP contribution in [0, 0.1) is 11.3 Å². The van der Waals surface area contributed by atoms with Gasteiger partial charge in [-0.1, -0.05) is 19.4 Å². The van der Waals surface area contributed by atoms with Crippen molar-refractivity contribution in [2.24, 2.45) is 17.1 Å². The minimum absolute atomic E-state index is 0.161. The van der Waals surface area contributed by atoms with Gasteiger partial charge in [0.1, 0.15) is 11.6 Å². The molecule has 28 heavy (non-hydrogen) atoms. The molecule has 0 aromatic carbocycles. The molecular weight excluding hydrogens is 354 g/mol. The lowest BCUT2D eigenvalue weighted by Crippen LogP contribution is -2.49. The van der Waals surface area contributed by atoms with E-state index in [4.69, 9.17) is 10.5 Å². The minimum Gasteiger partial charge on any atom is -0.465 e. The van der Waals surface area contributed by atoms with Gasteiger partial charge in [-0.2, -0.15) is 0 Å². The summed E-state index contributed by atoms with van der Waals surface area (Å²) in [5.41, 5.74) is 9.15. The fourth-order valence-electron chi connectivity index (χ4n) is 4.87. The van der Waals surface area contributed by atoms with Crippen molar-refractivity contribution >= 4 is 11.8 Å². The maximum absolute atomic E-state index is 12.9. The van der Waals surface area contributed by atoms with E-state index in [9.17, 15) is 14.7 Å². The lowest BCUT2D eigenvalue weighted by atomic mass is 9.67. The summed E-state index contributed by atoms with van der Waals surface area (Å²) < 4.78 is 5.34. The van der Waals surface area contributed by atoms with E-state index in [2.05, 4.69) is 6.92 Å². The third-order valence-electron chi connectivity index (χ3n) is 6.71. The van der Waals surface area contributed by atoms with Crippen molar-refractivity contribution < 1.29 is 19.4 Å². The monoisotopic (exact) mass is 387 g/mol. The first-order chi connectivity index (χ1) is 13.0. The Morgan fingerprint density at radius 3 is 2.54 bits per heavy atom. The number of esters is 1. The van der Waals surface area contributed by atoms with Gasteiger partial charge >= 0.3 is 5.97 Å². The molecule has 0 aromatic heterocycles. The fraction of sp³-hybridized carbons (Fsp3) is 0.652. The zero-order valence-corrected chi connectivity index (χ0v) is 17.7. The Bertz CT molecular complexity index is 793. The van der Waals surface area contributed by atoms with Gasteiger partial charge in [0, 0.05) is 11.0 Å². The van der Waals surface area contributed by atoms with Gasteiger partial charge in [0.2, 0.25) is 0 Å². The van der Waals surface area contributed by atoms with Crippen LogP contribution in [-0.2, 0) is 14.3 Å². The summed E-state index contributed by atoms with van der Waals surface area (Å²) in [7, 11) is 0. The SMILES string of the molecule is CC1=C(CCCOC(=O)[C@@H](N)CC(C)C)C2=C(C)C3(CC3)[C@@](C)(O)C(=O)C2=C1. The van der Waals surface area contributed by atoms with Crippen LogP contribution in [0.5, 0.6) is 0 Å². The lowest BCUT2D eigenvalue weighted by molar-refractivity contribution is -0.145. The second-order valence-electron chi connectivity index (χ2n) is 9.21. The number of hydrogen-bond donors (Lipinski definition) is 2. The number of carbonyl (C=O) groups is 2. The molecule has 154 valence electrons. The molecule has 3 rings (SSSR count). The van der Waals surface area contributed by atoms with Gasteiger partial charge in [0.05, 0.1) is 6.61 Å². The molecule has 0 heterocycles. The molecule has 2 atom stereocenters. The summed E-state index contributed by atoms with van der Waals surface area (Å²) >= 11 is 0. The van der Waals surface area contributed by atoms with Crippen molar-refractivity contribution in [3.63, 3.8) is 0 Å². The maximum Gasteiger partial charge on any atom is 0.322 e. The molecule has 5 nitrogen and oxygen atoms in total. The molecular formula is C23H33NO4. The van der Waals surface area contributed by atoms with Crippen molar-refractivity contribution in [3.05, 3.63) is 33.9 Å². The molecule has 0 aromatic rings. The van der Waals surface area contributed by atoms with Gasteiger partial charge in [-0.15, -0.1) is 0 Å². The highest BCUT2D eigenvalue weighted by molar-refractivity contribution is 6.10. The number of hydrogen-bond acceptors (Lipinski definition) is 5. The molecule has 1 spiro atoms. The summed E-state index contributed by atoms with van der Waals surface area (Å²) in [5.74, 6) is -0.157. The van der Waals surface area contributed by atoms with E-state index in [1.165, 1.54) is 0 Å². The third kappa shape index (κ3) is 3.29. The number of ether oxygens (including phenoxy) is 1. The van der Waals surface area contributed by atoms with E-state index < -0.39 is 17.1 Å². The van der Waals surface area contributed by atoms with E-state index in [-0.39, 0.29) is 11.8 Å². The Labute approximate surface area is 167 Å². The maximum atomic E-state index is 12.9. The van der Waals surface area contributed by atoms with Crippen LogP contribution in [0.25, 0.3) is 0 Å². The number of fused-ring (bicyclic) bond motifs is 1. The molecule has 1 saturated carbocycles. The second kappa shape index (κ2) is 7.27. The highest BCUT2D eigenvalue weighted by atomic mass is 16.5. The standard InChI is InChI=1S/C23H33NO4/c1-13(2)11-18(24)21(26)28-10-6-7-16-14(3)12-17-19(16)15(4)23(8-9-23)22(5,27)20(17)25/h12-13,18,27H,6-11,24H2,1-5H3/t18-,22-/m0/s1. The largest absolute Gasteiger partial charge is 0.465 e. The zero-order chi connectivity index (χ0) is 20.9. The average molecular weight is 388 g/mol. The first-order valence-corrected chi connectivity index (χ1v) is 10.4. The van der Waals surface area contributed by atoms with Crippen LogP contribution in [0.4, 0.5) is 0 Å². The van der Waals surface area contributed by atoms with Crippen LogP contribution in [0.2, 0.25) is 0 Å². The van der Waals surface area contributed by atoms with Crippen molar-refractivity contribution in [2.45, 2.75) is 78.4 Å². The topological polar surface area (TPSA) is 89.6 Å². The first-order valence-electron chi connectivity index (χ1n) is 10.4.